The van der Waals surface area contributed by atoms with Gasteiger partial charge < -0.3 is 5.73 Å². The molecule has 3 atom stereocenters. The molecule has 0 aromatic rings. The minimum absolute atomic E-state index is 0.334. The van der Waals surface area contributed by atoms with Crippen LogP contribution in [0, 0.1) is 5.92 Å². The van der Waals surface area contributed by atoms with Crippen LogP contribution in [0.1, 0.15) is 46.5 Å². The molecule has 3 heteroatoms. The summed E-state index contributed by atoms with van der Waals surface area (Å²) in [5.41, 5.74) is 6.46. The molecule has 2 N–H and O–H groups in total. The number of piperazine rings is 1. The van der Waals surface area contributed by atoms with Crippen LogP contribution in [-0.2, 0) is 0 Å². The van der Waals surface area contributed by atoms with Crippen molar-refractivity contribution in [1.29, 1.82) is 0 Å². The minimum atomic E-state index is 0.334. The highest BCUT2D eigenvalue weighted by molar-refractivity contribution is 4.99. The van der Waals surface area contributed by atoms with Gasteiger partial charge in [0.15, 0.2) is 0 Å². The van der Waals surface area contributed by atoms with Crippen LogP contribution in [0.3, 0.4) is 0 Å². The van der Waals surface area contributed by atoms with Gasteiger partial charge >= 0.3 is 0 Å². The highest BCUT2D eigenvalue weighted by Gasteiger charge is 2.42. The van der Waals surface area contributed by atoms with Crippen LogP contribution in [0.4, 0.5) is 0 Å². The zero-order valence-electron chi connectivity index (χ0n) is 12.5. The van der Waals surface area contributed by atoms with E-state index in [1.807, 2.05) is 0 Å². The maximum absolute atomic E-state index is 6.13. The Balaban J connectivity index is 1.92. The minimum Gasteiger partial charge on any atom is -0.329 e. The summed E-state index contributed by atoms with van der Waals surface area (Å²) in [6.07, 6.45) is 5.25. The quantitative estimate of drug-likeness (QED) is 0.831. The first kappa shape index (κ1) is 14.3. The number of hydrogen-bond donors (Lipinski definition) is 1. The van der Waals surface area contributed by atoms with E-state index in [4.69, 9.17) is 5.73 Å². The average molecular weight is 253 g/mol. The Morgan fingerprint density at radius 2 is 1.94 bits per heavy atom. The molecule has 1 heterocycles. The topological polar surface area (TPSA) is 32.5 Å². The molecule has 0 radical (unpaired) electrons. The molecular formula is C15H31N3. The molecule has 0 spiro atoms. The molecule has 3 unspecified atom stereocenters. The van der Waals surface area contributed by atoms with Crippen molar-refractivity contribution < 1.29 is 0 Å². The number of hydrogen-bond acceptors (Lipinski definition) is 3. The largest absolute Gasteiger partial charge is 0.329 e. The van der Waals surface area contributed by atoms with Crippen LogP contribution >= 0.6 is 0 Å². The first-order chi connectivity index (χ1) is 8.61. The standard InChI is InChI=1S/C15H31N3/c1-4-14(3)17-7-9-18(10-8-17)15(12-16)6-5-13(2)11-15/h13-14H,4-12,16H2,1-3H3. The predicted octanol–water partition coefficient (Wildman–Crippen LogP) is 1.92. The Bertz CT molecular complexity index is 260. The van der Waals surface area contributed by atoms with Crippen molar-refractivity contribution in [3.05, 3.63) is 0 Å². The third-order valence-corrected chi connectivity index (χ3v) is 5.41. The lowest BCUT2D eigenvalue weighted by molar-refractivity contribution is 0.0241. The molecule has 1 saturated heterocycles. The third-order valence-electron chi connectivity index (χ3n) is 5.41. The van der Waals surface area contributed by atoms with E-state index in [1.165, 1.54) is 51.9 Å². The van der Waals surface area contributed by atoms with Crippen LogP contribution in [0.25, 0.3) is 0 Å². The molecule has 3 nitrogen and oxygen atoms in total. The molecule has 2 fully saturated rings. The van der Waals surface area contributed by atoms with Crippen molar-refractivity contribution in [2.75, 3.05) is 32.7 Å². The molecule has 0 aromatic heterocycles. The molecule has 1 saturated carbocycles. The average Bonchev–Trinajstić information content (AvgIpc) is 2.81. The Morgan fingerprint density at radius 3 is 2.39 bits per heavy atom. The summed E-state index contributed by atoms with van der Waals surface area (Å²) in [7, 11) is 0. The number of nitrogens with zero attached hydrogens (tertiary/aromatic N) is 2. The van der Waals surface area contributed by atoms with Crippen LogP contribution in [0.5, 0.6) is 0 Å². The fourth-order valence-corrected chi connectivity index (χ4v) is 3.86. The predicted molar refractivity (Wildman–Crippen MR) is 77.7 cm³/mol. The highest BCUT2D eigenvalue weighted by atomic mass is 15.3. The van der Waals surface area contributed by atoms with Gasteiger partial charge in [0, 0.05) is 44.3 Å². The lowest BCUT2D eigenvalue weighted by Crippen LogP contribution is -2.60. The van der Waals surface area contributed by atoms with Gasteiger partial charge in [-0.1, -0.05) is 13.8 Å². The SMILES string of the molecule is CCC(C)N1CCN(C2(CN)CCC(C)C2)CC1. The van der Waals surface area contributed by atoms with E-state index in [-0.39, 0.29) is 0 Å². The van der Waals surface area contributed by atoms with Crippen LogP contribution in [-0.4, -0.2) is 54.1 Å². The maximum Gasteiger partial charge on any atom is 0.0335 e. The lowest BCUT2D eigenvalue weighted by Gasteiger charge is -2.47. The fraction of sp³-hybridized carbons (Fsp3) is 1.00. The Labute approximate surface area is 113 Å². The Kier molecular flexibility index (Phi) is 4.68. The van der Waals surface area contributed by atoms with E-state index >= 15 is 0 Å². The molecule has 0 amide bonds. The molecule has 2 rings (SSSR count). The summed E-state index contributed by atoms with van der Waals surface area (Å²) in [5, 5.41) is 0. The molecule has 1 aliphatic heterocycles. The van der Waals surface area contributed by atoms with Crippen LogP contribution in [0.15, 0.2) is 0 Å². The molecular weight excluding hydrogens is 222 g/mol. The van der Waals surface area contributed by atoms with E-state index in [0.717, 1.165) is 18.5 Å². The molecule has 0 bridgehead atoms. The van der Waals surface area contributed by atoms with Crippen molar-refractivity contribution in [2.45, 2.75) is 58.0 Å². The second kappa shape index (κ2) is 5.89. The molecule has 0 aromatic carbocycles. The normalized spacial score (nSPS) is 37.0. The van der Waals surface area contributed by atoms with Gasteiger partial charge in [-0.05, 0) is 38.5 Å². The summed E-state index contributed by atoms with van der Waals surface area (Å²) in [5.74, 6) is 0.862. The number of nitrogens with two attached hydrogens (primary N) is 1. The summed E-state index contributed by atoms with van der Waals surface area (Å²) >= 11 is 0. The van der Waals surface area contributed by atoms with Gasteiger partial charge in [0.05, 0.1) is 0 Å². The zero-order chi connectivity index (χ0) is 13.2. The third kappa shape index (κ3) is 2.73. The molecule has 106 valence electrons. The molecule has 2 aliphatic rings. The second-order valence-electron chi connectivity index (χ2n) is 6.56. The van der Waals surface area contributed by atoms with Gasteiger partial charge in [-0.3, -0.25) is 9.80 Å². The summed E-state index contributed by atoms with van der Waals surface area (Å²) < 4.78 is 0. The number of rotatable bonds is 4. The van der Waals surface area contributed by atoms with E-state index in [0.29, 0.717) is 5.54 Å². The Morgan fingerprint density at radius 1 is 1.28 bits per heavy atom. The van der Waals surface area contributed by atoms with Crippen molar-refractivity contribution in [3.8, 4) is 0 Å². The van der Waals surface area contributed by atoms with Crippen molar-refractivity contribution >= 4 is 0 Å². The fourth-order valence-electron chi connectivity index (χ4n) is 3.86. The molecule has 1 aliphatic carbocycles. The van der Waals surface area contributed by atoms with Gasteiger partial charge in [0.1, 0.15) is 0 Å². The van der Waals surface area contributed by atoms with Crippen molar-refractivity contribution in [1.82, 2.24) is 9.80 Å². The van der Waals surface area contributed by atoms with E-state index in [1.54, 1.807) is 0 Å². The van der Waals surface area contributed by atoms with E-state index in [2.05, 4.69) is 30.6 Å². The summed E-state index contributed by atoms with van der Waals surface area (Å²) in [4.78, 5) is 5.34. The molecule has 18 heavy (non-hydrogen) atoms. The summed E-state index contributed by atoms with van der Waals surface area (Å²) in [6, 6.07) is 0.739. The van der Waals surface area contributed by atoms with E-state index in [9.17, 15) is 0 Å². The first-order valence-electron chi connectivity index (χ1n) is 7.80. The Hall–Kier alpha value is -0.120. The first-order valence-corrected chi connectivity index (χ1v) is 7.80. The maximum atomic E-state index is 6.13. The monoisotopic (exact) mass is 253 g/mol. The summed E-state index contributed by atoms with van der Waals surface area (Å²) in [6.45, 7) is 12.8. The van der Waals surface area contributed by atoms with Crippen LogP contribution < -0.4 is 5.73 Å². The van der Waals surface area contributed by atoms with E-state index < -0.39 is 0 Å². The smallest absolute Gasteiger partial charge is 0.0335 e. The highest BCUT2D eigenvalue weighted by Crippen LogP contribution is 2.38. The van der Waals surface area contributed by atoms with Gasteiger partial charge in [-0.15, -0.1) is 0 Å². The van der Waals surface area contributed by atoms with Gasteiger partial charge in [0.25, 0.3) is 0 Å². The van der Waals surface area contributed by atoms with Crippen molar-refractivity contribution in [3.63, 3.8) is 0 Å². The van der Waals surface area contributed by atoms with Gasteiger partial charge in [-0.2, -0.15) is 0 Å². The van der Waals surface area contributed by atoms with Crippen LogP contribution in [0.2, 0.25) is 0 Å². The van der Waals surface area contributed by atoms with Gasteiger partial charge in [0.2, 0.25) is 0 Å². The zero-order valence-corrected chi connectivity index (χ0v) is 12.5. The lowest BCUT2D eigenvalue weighted by atomic mass is 9.93. The second-order valence-corrected chi connectivity index (χ2v) is 6.56. The van der Waals surface area contributed by atoms with Gasteiger partial charge in [-0.25, -0.2) is 0 Å². The van der Waals surface area contributed by atoms with Crippen molar-refractivity contribution in [2.24, 2.45) is 11.7 Å².